The van der Waals surface area contributed by atoms with Crippen LogP contribution in [-0.4, -0.2) is 21.5 Å². The molecule has 1 heterocycles. The number of carbonyl (C=O) groups is 1. The fourth-order valence-electron chi connectivity index (χ4n) is 6.67. The first-order chi connectivity index (χ1) is 12.0. The number of carbonyl (C=O) groups excluding carboxylic acids is 1. The van der Waals surface area contributed by atoms with Crippen molar-refractivity contribution in [1.82, 2.24) is 14.9 Å². The zero-order valence-corrected chi connectivity index (χ0v) is 15.8. The first-order valence-electron chi connectivity index (χ1n) is 10.3. The van der Waals surface area contributed by atoms with E-state index in [1.807, 2.05) is 12.4 Å². The number of nitrogens with one attached hydrogen (secondary N) is 1. The normalized spacial score (nSPS) is 34.2. The first-order valence-corrected chi connectivity index (χ1v) is 10.3. The maximum atomic E-state index is 12.4. The zero-order valence-electron chi connectivity index (χ0n) is 15.8. The average Bonchev–Trinajstić information content (AvgIpc) is 2.98. The average molecular weight is 344 g/mol. The van der Waals surface area contributed by atoms with Crippen molar-refractivity contribution < 1.29 is 4.79 Å². The molecule has 4 bridgehead atoms. The third-order valence-corrected chi connectivity index (χ3v) is 7.01. The first kappa shape index (κ1) is 17.1. The van der Waals surface area contributed by atoms with Crippen LogP contribution in [0, 0.1) is 23.2 Å². The van der Waals surface area contributed by atoms with Crippen LogP contribution >= 0.6 is 0 Å². The highest BCUT2D eigenvalue weighted by atomic mass is 16.1. The predicted molar refractivity (Wildman–Crippen MR) is 99.0 cm³/mol. The molecule has 4 nitrogen and oxygen atoms in total. The largest absolute Gasteiger partial charge is 0.354 e. The summed E-state index contributed by atoms with van der Waals surface area (Å²) in [6.45, 7) is 5.05. The lowest BCUT2D eigenvalue weighted by Crippen LogP contribution is -2.49. The minimum atomic E-state index is 0.188. The molecule has 0 spiro atoms. The molecule has 4 aliphatic rings. The van der Waals surface area contributed by atoms with Crippen LogP contribution < -0.4 is 5.32 Å². The quantitative estimate of drug-likeness (QED) is 0.815. The second-order valence-corrected chi connectivity index (χ2v) is 9.23. The van der Waals surface area contributed by atoms with Crippen LogP contribution in [0.1, 0.15) is 71.0 Å². The number of rotatable bonds is 7. The molecule has 1 aromatic rings. The number of nitrogens with zero attached hydrogens (tertiary/aromatic N) is 2. The Morgan fingerprint density at radius 1 is 1.28 bits per heavy atom. The number of amides is 1. The number of hydrogen-bond acceptors (Lipinski definition) is 2. The third-order valence-electron chi connectivity index (χ3n) is 7.01. The Bertz CT molecular complexity index is 585. The Hall–Kier alpha value is -1.32. The van der Waals surface area contributed by atoms with Gasteiger partial charge in [0.05, 0.1) is 0 Å². The van der Waals surface area contributed by atoms with Crippen LogP contribution in [0.4, 0.5) is 0 Å². The summed E-state index contributed by atoms with van der Waals surface area (Å²) >= 11 is 0. The Kier molecular flexibility index (Phi) is 4.63. The van der Waals surface area contributed by atoms with E-state index in [4.69, 9.17) is 0 Å². The van der Waals surface area contributed by atoms with Gasteiger partial charge >= 0.3 is 0 Å². The Balaban J connectivity index is 1.27. The molecule has 0 unspecified atom stereocenters. The van der Waals surface area contributed by atoms with Gasteiger partial charge in [-0.15, -0.1) is 0 Å². The number of aryl methyl sites for hydroxylation is 2. The summed E-state index contributed by atoms with van der Waals surface area (Å²) in [6, 6.07) is 0.303. The van der Waals surface area contributed by atoms with Gasteiger partial charge < -0.3 is 9.88 Å². The second kappa shape index (κ2) is 6.77. The maximum absolute atomic E-state index is 12.4. The van der Waals surface area contributed by atoms with E-state index < -0.39 is 0 Å². The van der Waals surface area contributed by atoms with Gasteiger partial charge in [0.15, 0.2) is 0 Å². The summed E-state index contributed by atoms with van der Waals surface area (Å²) in [6.07, 6.45) is 15.2. The monoisotopic (exact) mass is 343 g/mol. The minimum Gasteiger partial charge on any atom is -0.354 e. The third kappa shape index (κ3) is 3.63. The van der Waals surface area contributed by atoms with Gasteiger partial charge in [-0.3, -0.25) is 4.79 Å². The van der Waals surface area contributed by atoms with Crippen molar-refractivity contribution in [1.29, 1.82) is 0 Å². The molecule has 1 aromatic heterocycles. The molecule has 1 amide bonds. The lowest BCUT2D eigenvalue weighted by Gasteiger charge is -2.57. The Morgan fingerprint density at radius 2 is 1.92 bits per heavy atom. The van der Waals surface area contributed by atoms with E-state index in [0.29, 0.717) is 17.9 Å². The molecule has 5 rings (SSSR count). The maximum Gasteiger partial charge on any atom is 0.221 e. The van der Waals surface area contributed by atoms with Crippen molar-refractivity contribution in [2.24, 2.45) is 23.2 Å². The summed E-state index contributed by atoms with van der Waals surface area (Å²) in [7, 11) is 0. The van der Waals surface area contributed by atoms with Crippen molar-refractivity contribution in [3.05, 3.63) is 18.2 Å². The summed E-state index contributed by atoms with van der Waals surface area (Å²) in [5, 5.41) is 3.28. The molecular weight excluding hydrogens is 310 g/mol. The molecule has 0 radical (unpaired) electrons. The molecule has 0 saturated heterocycles. The molecule has 4 aliphatic carbocycles. The highest BCUT2D eigenvalue weighted by Gasteiger charge is 2.50. The standard InChI is InChI=1S/C21H33N3O/c1-3-19-22-5-7-24(19)6-4-20(25)23-15(2)11-21-12-16-8-17(13-21)10-18(9-16)14-21/h5,7,15-18H,3-4,6,8-14H2,1-2H3,(H,23,25)/t15-,16?,17?,18?,21?/m1/s1. The molecule has 1 N–H and O–H groups in total. The predicted octanol–water partition coefficient (Wildman–Crippen LogP) is 3.95. The van der Waals surface area contributed by atoms with Gasteiger partial charge in [-0.1, -0.05) is 6.92 Å². The minimum absolute atomic E-state index is 0.188. The zero-order chi connectivity index (χ0) is 17.4. The molecular formula is C21H33N3O. The molecule has 1 atom stereocenters. The summed E-state index contributed by atoms with van der Waals surface area (Å²) in [5.41, 5.74) is 0.543. The van der Waals surface area contributed by atoms with Crippen molar-refractivity contribution in [3.63, 3.8) is 0 Å². The van der Waals surface area contributed by atoms with E-state index >= 15 is 0 Å². The van der Waals surface area contributed by atoms with Gasteiger partial charge in [-0.05, 0) is 75.0 Å². The highest BCUT2D eigenvalue weighted by Crippen LogP contribution is 2.61. The Morgan fingerprint density at radius 3 is 2.52 bits per heavy atom. The van der Waals surface area contributed by atoms with E-state index in [1.165, 1.54) is 44.9 Å². The van der Waals surface area contributed by atoms with Crippen molar-refractivity contribution in [3.8, 4) is 0 Å². The molecule has 25 heavy (non-hydrogen) atoms. The van der Waals surface area contributed by atoms with Gasteiger partial charge in [0.1, 0.15) is 5.82 Å². The fourth-order valence-corrected chi connectivity index (χ4v) is 6.67. The van der Waals surface area contributed by atoms with E-state index in [1.54, 1.807) is 0 Å². The number of hydrogen-bond donors (Lipinski definition) is 1. The molecule has 4 fully saturated rings. The molecule has 0 aromatic carbocycles. The smallest absolute Gasteiger partial charge is 0.221 e. The van der Waals surface area contributed by atoms with Gasteiger partial charge in [0.2, 0.25) is 5.91 Å². The van der Waals surface area contributed by atoms with E-state index in [2.05, 4.69) is 28.7 Å². The van der Waals surface area contributed by atoms with Gasteiger partial charge in [-0.25, -0.2) is 4.98 Å². The topological polar surface area (TPSA) is 46.9 Å². The van der Waals surface area contributed by atoms with Crippen LogP contribution in [0.3, 0.4) is 0 Å². The van der Waals surface area contributed by atoms with Gasteiger partial charge in [0.25, 0.3) is 0 Å². The number of imidazole rings is 1. The van der Waals surface area contributed by atoms with Crippen molar-refractivity contribution in [2.75, 3.05) is 0 Å². The van der Waals surface area contributed by atoms with E-state index in [0.717, 1.165) is 36.5 Å². The van der Waals surface area contributed by atoms with E-state index in [-0.39, 0.29) is 5.91 Å². The highest BCUT2D eigenvalue weighted by molar-refractivity contribution is 5.76. The Labute approximate surface area is 151 Å². The van der Waals surface area contributed by atoms with Crippen molar-refractivity contribution >= 4 is 5.91 Å². The summed E-state index contributed by atoms with van der Waals surface area (Å²) in [5.74, 6) is 4.22. The fraction of sp³-hybridized carbons (Fsp3) is 0.810. The summed E-state index contributed by atoms with van der Waals surface area (Å²) in [4.78, 5) is 16.7. The molecule has 4 saturated carbocycles. The van der Waals surface area contributed by atoms with E-state index in [9.17, 15) is 4.79 Å². The van der Waals surface area contributed by atoms with Crippen LogP contribution in [0.25, 0.3) is 0 Å². The van der Waals surface area contributed by atoms with Gasteiger partial charge in [0, 0.05) is 37.8 Å². The molecule has 138 valence electrons. The SMILES string of the molecule is CCc1nccn1CCC(=O)N[C@H](C)CC12CC3CC(CC(C3)C1)C2. The van der Waals surface area contributed by atoms with Crippen molar-refractivity contribution in [2.45, 2.75) is 84.2 Å². The lowest BCUT2D eigenvalue weighted by atomic mass is 9.48. The summed E-state index contributed by atoms with van der Waals surface area (Å²) < 4.78 is 2.10. The number of aromatic nitrogens is 2. The second-order valence-electron chi connectivity index (χ2n) is 9.23. The van der Waals surface area contributed by atoms with Crippen LogP contribution in [0.2, 0.25) is 0 Å². The lowest BCUT2D eigenvalue weighted by molar-refractivity contribution is -0.122. The molecule has 0 aliphatic heterocycles. The van der Waals surface area contributed by atoms with Crippen LogP contribution in [0.15, 0.2) is 12.4 Å². The van der Waals surface area contributed by atoms with Crippen LogP contribution in [-0.2, 0) is 17.8 Å². The van der Waals surface area contributed by atoms with Gasteiger partial charge in [-0.2, -0.15) is 0 Å². The van der Waals surface area contributed by atoms with Crippen LogP contribution in [0.5, 0.6) is 0 Å². The molecule has 4 heteroatoms.